The van der Waals surface area contributed by atoms with Crippen molar-refractivity contribution < 1.29 is 60.0 Å². The zero-order chi connectivity index (χ0) is 40.8. The van der Waals surface area contributed by atoms with E-state index in [1.165, 1.54) is 48.8 Å². The van der Waals surface area contributed by atoms with Gasteiger partial charge in [0.25, 0.3) is 0 Å². The summed E-state index contributed by atoms with van der Waals surface area (Å²) in [6.07, 6.45) is 4.53. The molecule has 2 fully saturated rings. The molecule has 0 spiro atoms. The van der Waals surface area contributed by atoms with Crippen LogP contribution in [0.4, 0.5) is 19.3 Å². The molecular formula is C38H42Cl2F2N2O11S. The van der Waals surface area contributed by atoms with Crippen LogP contribution in [0.5, 0.6) is 17.2 Å². The molecule has 0 aliphatic heterocycles. The lowest BCUT2D eigenvalue weighted by molar-refractivity contribution is -0.162. The quantitative estimate of drug-likeness (QED) is 0.0903. The summed E-state index contributed by atoms with van der Waals surface area (Å²) in [6.45, 7) is 1.37. The van der Waals surface area contributed by atoms with E-state index in [1.54, 1.807) is 20.8 Å². The number of halogens is 4. The summed E-state index contributed by atoms with van der Waals surface area (Å²) in [5, 5.41) is 0.356. The van der Waals surface area contributed by atoms with Gasteiger partial charge < -0.3 is 28.4 Å². The Balaban J connectivity index is 1.33. The lowest BCUT2D eigenvalue weighted by Crippen LogP contribution is -2.40. The maximum absolute atomic E-state index is 13.2. The normalized spacial score (nSPS) is 14.8. The van der Waals surface area contributed by atoms with Crippen molar-refractivity contribution in [2.45, 2.75) is 77.6 Å². The minimum Gasteiger partial charge on any atom is -0.491 e. The van der Waals surface area contributed by atoms with Gasteiger partial charge in [0.1, 0.15) is 23.1 Å². The van der Waals surface area contributed by atoms with E-state index in [0.717, 1.165) is 31.9 Å². The molecule has 304 valence electrons. The summed E-state index contributed by atoms with van der Waals surface area (Å²) in [5.74, 6) is -1.39. The zero-order valence-corrected chi connectivity index (χ0v) is 33.4. The lowest BCUT2D eigenvalue weighted by Gasteiger charge is -2.27. The van der Waals surface area contributed by atoms with E-state index < -0.39 is 59.4 Å². The van der Waals surface area contributed by atoms with Crippen LogP contribution in [0.2, 0.25) is 10.0 Å². The van der Waals surface area contributed by atoms with E-state index in [-0.39, 0.29) is 57.5 Å². The molecule has 13 nitrogen and oxygen atoms in total. The van der Waals surface area contributed by atoms with Crippen molar-refractivity contribution in [2.75, 3.05) is 30.4 Å². The molecule has 1 heterocycles. The van der Waals surface area contributed by atoms with Gasteiger partial charge in [0.15, 0.2) is 18.1 Å². The molecule has 0 bridgehead atoms. The SMILES string of the molecule is CC(C)(C)OC(=O)N(c1cc(CC(=O)OCC(=O)OC(Cc2c(Cl)cncc2Cl)c2ccc(OC(F)F)c(OCC3CC3)c2)ccc1OCC1CC1)S(C)(=O)=O. The molecule has 2 aliphatic carbocycles. The number of anilines is 1. The molecule has 1 amide bonds. The largest absolute Gasteiger partial charge is 0.491 e. The number of nitrogens with zero attached hydrogens (tertiary/aromatic N) is 2. The van der Waals surface area contributed by atoms with E-state index in [9.17, 15) is 31.6 Å². The van der Waals surface area contributed by atoms with Crippen LogP contribution in [-0.2, 0) is 46.7 Å². The van der Waals surface area contributed by atoms with Crippen molar-refractivity contribution >= 4 is 56.9 Å². The summed E-state index contributed by atoms with van der Waals surface area (Å²) in [6, 6.07) is 8.35. The van der Waals surface area contributed by atoms with Crippen LogP contribution >= 0.6 is 23.2 Å². The lowest BCUT2D eigenvalue weighted by atomic mass is 10.0. The van der Waals surface area contributed by atoms with E-state index in [0.29, 0.717) is 28.0 Å². The number of sulfonamides is 1. The summed E-state index contributed by atoms with van der Waals surface area (Å²) in [4.78, 5) is 43.4. The average molecular weight is 844 g/mol. The Bertz CT molecular complexity index is 2000. The van der Waals surface area contributed by atoms with Gasteiger partial charge in [-0.1, -0.05) is 35.3 Å². The van der Waals surface area contributed by atoms with Gasteiger partial charge in [-0.2, -0.15) is 13.1 Å². The number of carbonyl (C=O) groups is 3. The van der Waals surface area contributed by atoms with Gasteiger partial charge in [-0.05, 0) is 99.2 Å². The molecule has 1 atom stereocenters. The topological polar surface area (TPSA) is 157 Å². The maximum atomic E-state index is 13.2. The fourth-order valence-electron chi connectivity index (χ4n) is 5.28. The Hall–Kier alpha value is -4.41. The molecule has 2 aliphatic rings. The summed E-state index contributed by atoms with van der Waals surface area (Å²) >= 11 is 12.7. The van der Waals surface area contributed by atoms with Crippen molar-refractivity contribution in [3.05, 3.63) is 75.5 Å². The second-order valence-electron chi connectivity index (χ2n) is 14.5. The number of amides is 1. The number of benzene rings is 2. The first-order valence-corrected chi connectivity index (χ1v) is 20.3. The highest BCUT2D eigenvalue weighted by atomic mass is 35.5. The monoisotopic (exact) mass is 842 g/mol. The first-order chi connectivity index (χ1) is 26.4. The molecule has 0 saturated heterocycles. The molecule has 2 aromatic carbocycles. The minimum atomic E-state index is -4.25. The van der Waals surface area contributed by atoms with Gasteiger partial charge in [0, 0.05) is 18.8 Å². The smallest absolute Gasteiger partial charge is 0.429 e. The number of aromatic nitrogens is 1. The van der Waals surface area contributed by atoms with Crippen molar-refractivity contribution in [1.29, 1.82) is 0 Å². The third-order valence-electron chi connectivity index (χ3n) is 8.35. The summed E-state index contributed by atoms with van der Waals surface area (Å²) in [5.41, 5.74) is -0.258. The predicted molar refractivity (Wildman–Crippen MR) is 201 cm³/mol. The number of esters is 2. The predicted octanol–water partition coefficient (Wildman–Crippen LogP) is 7.88. The third-order valence-corrected chi connectivity index (χ3v) is 10.0. The van der Waals surface area contributed by atoms with Crippen LogP contribution in [0.25, 0.3) is 0 Å². The van der Waals surface area contributed by atoms with Crippen LogP contribution in [0, 0.1) is 11.8 Å². The molecule has 2 saturated carbocycles. The Morgan fingerprint density at radius 1 is 0.893 bits per heavy atom. The zero-order valence-electron chi connectivity index (χ0n) is 31.1. The number of ether oxygens (including phenoxy) is 6. The van der Waals surface area contributed by atoms with Gasteiger partial charge in [0.2, 0.25) is 10.0 Å². The van der Waals surface area contributed by atoms with E-state index >= 15 is 0 Å². The highest BCUT2D eigenvalue weighted by molar-refractivity contribution is 7.92. The Labute approximate surface area is 333 Å². The highest BCUT2D eigenvalue weighted by Gasteiger charge is 2.34. The average Bonchev–Trinajstić information content (AvgIpc) is 4.02. The molecule has 1 aromatic heterocycles. The molecule has 0 radical (unpaired) electrons. The number of alkyl halides is 2. The van der Waals surface area contributed by atoms with Gasteiger partial charge in [-0.3, -0.25) is 9.78 Å². The number of rotatable bonds is 18. The van der Waals surface area contributed by atoms with E-state index in [4.69, 9.17) is 46.9 Å². The third kappa shape index (κ3) is 12.8. The summed E-state index contributed by atoms with van der Waals surface area (Å²) in [7, 11) is -4.25. The van der Waals surface area contributed by atoms with Gasteiger partial charge in [0.05, 0.1) is 35.9 Å². The Morgan fingerprint density at radius 3 is 2.07 bits per heavy atom. The standard InChI is InChI=1S/C38H42Cl2F2N2O11S/c1-38(2,3)55-37(47)44(56(4,48)49)29-13-24(9-11-30(29)50-19-22-5-6-22)14-34(45)52-21-35(46)53-32(16-26-27(39)17-43-18-28(26)40)25-10-12-31(54-36(41)42)33(15-25)51-20-23-7-8-23/h9-13,15,17-18,22-23,32,36H,5-8,14,16,19-21H2,1-4H3. The van der Waals surface area contributed by atoms with Crippen molar-refractivity contribution in [3.8, 4) is 17.2 Å². The minimum absolute atomic E-state index is 0.0125. The number of hydrogen-bond acceptors (Lipinski definition) is 12. The fourth-order valence-corrected chi connectivity index (χ4v) is 6.61. The van der Waals surface area contributed by atoms with Crippen molar-refractivity contribution in [2.24, 2.45) is 11.8 Å². The van der Waals surface area contributed by atoms with Crippen LogP contribution < -0.4 is 18.5 Å². The second-order valence-corrected chi connectivity index (χ2v) is 17.2. The molecular weight excluding hydrogens is 801 g/mol. The fraction of sp³-hybridized carbons (Fsp3) is 0.474. The first-order valence-electron chi connectivity index (χ1n) is 17.7. The molecule has 18 heteroatoms. The van der Waals surface area contributed by atoms with Gasteiger partial charge in [-0.25, -0.2) is 18.0 Å². The molecule has 56 heavy (non-hydrogen) atoms. The molecule has 5 rings (SSSR count). The second kappa shape index (κ2) is 18.2. The Kier molecular flexibility index (Phi) is 13.9. The number of carbonyl (C=O) groups excluding carboxylic acids is 3. The maximum Gasteiger partial charge on any atom is 0.429 e. The van der Waals surface area contributed by atoms with Crippen LogP contribution in [0.15, 0.2) is 48.8 Å². The van der Waals surface area contributed by atoms with Crippen molar-refractivity contribution in [1.82, 2.24) is 4.98 Å². The number of pyridine rings is 1. The van der Waals surface area contributed by atoms with Crippen molar-refractivity contribution in [3.63, 3.8) is 0 Å². The van der Waals surface area contributed by atoms with Crippen LogP contribution in [0.3, 0.4) is 0 Å². The van der Waals surface area contributed by atoms with E-state index in [2.05, 4.69) is 9.72 Å². The molecule has 3 aromatic rings. The first kappa shape index (κ1) is 42.7. The summed E-state index contributed by atoms with van der Waals surface area (Å²) < 4.78 is 85.4. The van der Waals surface area contributed by atoms with Gasteiger partial charge >= 0.3 is 24.6 Å². The number of hydrogen-bond donors (Lipinski definition) is 0. The molecule has 0 N–H and O–H groups in total. The van der Waals surface area contributed by atoms with Crippen LogP contribution in [0.1, 0.15) is 69.2 Å². The van der Waals surface area contributed by atoms with Gasteiger partial charge in [-0.15, -0.1) is 0 Å². The highest BCUT2D eigenvalue weighted by Crippen LogP contribution is 2.39. The van der Waals surface area contributed by atoms with Crippen LogP contribution in [-0.4, -0.2) is 69.7 Å². The van der Waals surface area contributed by atoms with E-state index in [1.807, 2.05) is 0 Å². The Morgan fingerprint density at radius 2 is 1.50 bits per heavy atom. The molecule has 1 unspecified atom stereocenters.